The molecule has 0 bridgehead atoms. The molecule has 4 rings (SSSR count). The second-order valence-electron chi connectivity index (χ2n) is 8.30. The first-order valence-electron chi connectivity index (χ1n) is 10.6. The second-order valence-corrected chi connectivity index (χ2v) is 9.31. The maximum Gasteiger partial charge on any atom is 0.286 e. The van der Waals surface area contributed by atoms with Crippen LogP contribution in [0.2, 0.25) is 0 Å². The summed E-state index contributed by atoms with van der Waals surface area (Å²) in [5.41, 5.74) is 1.89. The number of hydrogen-bond donors (Lipinski definition) is 1. The number of anilines is 1. The third kappa shape index (κ3) is 5.01. The Bertz CT molecular complexity index is 858. The Kier molecular flexibility index (Phi) is 6.23. The Morgan fingerprint density at radius 2 is 1.86 bits per heavy atom. The molecule has 1 aromatic heterocycles. The van der Waals surface area contributed by atoms with E-state index >= 15 is 0 Å². The fraction of sp³-hybridized carbons (Fsp3) is 0.545. The first-order valence-corrected chi connectivity index (χ1v) is 11.4. The minimum atomic E-state index is -0.234. The van der Waals surface area contributed by atoms with E-state index in [4.69, 9.17) is 0 Å². The molecular formula is C22H28N4O2S. The lowest BCUT2D eigenvalue weighted by Crippen LogP contribution is -2.39. The van der Waals surface area contributed by atoms with Gasteiger partial charge in [-0.2, -0.15) is 0 Å². The van der Waals surface area contributed by atoms with Gasteiger partial charge in [-0.3, -0.25) is 9.59 Å². The van der Waals surface area contributed by atoms with Gasteiger partial charge in [0, 0.05) is 31.1 Å². The minimum absolute atomic E-state index is 0.176. The molecule has 1 saturated heterocycles. The summed E-state index contributed by atoms with van der Waals surface area (Å²) in [4.78, 5) is 27.2. The highest BCUT2D eigenvalue weighted by Crippen LogP contribution is 2.32. The molecular weight excluding hydrogens is 384 g/mol. The molecule has 2 aromatic rings. The standard InChI is InChI=1S/C22H28N4O2S/c1-15-8-10-18(11-9-15)23-20(28)22-25-24-21(29-22)17-7-4-12-26(14-17)19(27)13-16-5-2-3-6-16/h8-11,16-17H,2-7,12-14H2,1H3,(H,23,28)/t17-/m0/s1. The summed E-state index contributed by atoms with van der Waals surface area (Å²) < 4.78 is 0. The summed E-state index contributed by atoms with van der Waals surface area (Å²) in [6, 6.07) is 7.68. The molecule has 6 nitrogen and oxygen atoms in total. The van der Waals surface area contributed by atoms with Crippen LogP contribution in [0.4, 0.5) is 5.69 Å². The smallest absolute Gasteiger partial charge is 0.286 e. The predicted octanol–water partition coefficient (Wildman–Crippen LogP) is 4.39. The normalized spacial score (nSPS) is 20.0. The van der Waals surface area contributed by atoms with Crippen molar-refractivity contribution in [3.8, 4) is 0 Å². The number of amides is 2. The molecule has 1 aromatic carbocycles. The van der Waals surface area contributed by atoms with Crippen LogP contribution in [-0.4, -0.2) is 40.0 Å². The van der Waals surface area contributed by atoms with E-state index in [1.165, 1.54) is 37.0 Å². The highest BCUT2D eigenvalue weighted by molar-refractivity contribution is 7.13. The summed E-state index contributed by atoms with van der Waals surface area (Å²) >= 11 is 1.34. The van der Waals surface area contributed by atoms with Crippen molar-refractivity contribution in [3.63, 3.8) is 0 Å². The van der Waals surface area contributed by atoms with E-state index in [1.54, 1.807) is 0 Å². The fourth-order valence-corrected chi connectivity index (χ4v) is 5.17. The van der Waals surface area contributed by atoms with E-state index in [2.05, 4.69) is 15.5 Å². The van der Waals surface area contributed by atoms with Crippen LogP contribution >= 0.6 is 11.3 Å². The zero-order chi connectivity index (χ0) is 20.2. The molecule has 2 aliphatic rings. The maximum absolute atomic E-state index is 12.7. The molecule has 2 heterocycles. The summed E-state index contributed by atoms with van der Waals surface area (Å²) in [7, 11) is 0. The lowest BCUT2D eigenvalue weighted by Gasteiger charge is -2.32. The molecule has 7 heteroatoms. The van der Waals surface area contributed by atoms with E-state index in [0.29, 0.717) is 23.9 Å². The molecule has 2 fully saturated rings. The zero-order valence-corrected chi connectivity index (χ0v) is 17.7. The van der Waals surface area contributed by atoms with Gasteiger partial charge in [0.05, 0.1) is 0 Å². The number of aryl methyl sites for hydroxylation is 1. The summed E-state index contributed by atoms with van der Waals surface area (Å²) in [6.07, 6.45) is 7.56. The number of nitrogens with zero attached hydrogens (tertiary/aromatic N) is 3. The fourth-order valence-electron chi connectivity index (χ4n) is 4.31. The van der Waals surface area contributed by atoms with Crippen LogP contribution in [0.3, 0.4) is 0 Å². The van der Waals surface area contributed by atoms with Crippen molar-refractivity contribution >= 4 is 28.8 Å². The first kappa shape index (κ1) is 20.0. The van der Waals surface area contributed by atoms with Crippen LogP contribution in [0.5, 0.6) is 0 Å². The second kappa shape index (κ2) is 9.03. The Hall–Kier alpha value is -2.28. The molecule has 2 amide bonds. The van der Waals surface area contributed by atoms with E-state index in [0.717, 1.165) is 35.6 Å². The lowest BCUT2D eigenvalue weighted by atomic mass is 9.97. The van der Waals surface area contributed by atoms with Gasteiger partial charge >= 0.3 is 0 Å². The monoisotopic (exact) mass is 412 g/mol. The molecule has 1 atom stereocenters. The van der Waals surface area contributed by atoms with Gasteiger partial charge in [0.2, 0.25) is 10.9 Å². The SMILES string of the molecule is Cc1ccc(NC(=O)c2nnc([C@H]3CCCN(C(=O)CC4CCCC4)C3)s2)cc1. The maximum atomic E-state index is 12.7. The van der Waals surface area contributed by atoms with Crippen molar-refractivity contribution in [3.05, 3.63) is 39.8 Å². The van der Waals surface area contributed by atoms with Crippen molar-refractivity contribution in [1.29, 1.82) is 0 Å². The third-order valence-corrected chi connectivity index (χ3v) is 7.09. The molecule has 1 aliphatic heterocycles. The van der Waals surface area contributed by atoms with Crippen molar-refractivity contribution in [2.24, 2.45) is 5.92 Å². The minimum Gasteiger partial charge on any atom is -0.342 e. The molecule has 1 aliphatic carbocycles. The summed E-state index contributed by atoms with van der Waals surface area (Å²) in [6.45, 7) is 3.54. The number of likely N-dealkylation sites (tertiary alicyclic amines) is 1. The van der Waals surface area contributed by atoms with Gasteiger partial charge in [0.1, 0.15) is 5.01 Å². The van der Waals surface area contributed by atoms with Gasteiger partial charge in [-0.1, -0.05) is 41.9 Å². The van der Waals surface area contributed by atoms with Crippen LogP contribution in [-0.2, 0) is 4.79 Å². The molecule has 29 heavy (non-hydrogen) atoms. The Morgan fingerprint density at radius 3 is 2.62 bits per heavy atom. The number of carbonyl (C=O) groups is 2. The van der Waals surface area contributed by atoms with Crippen LogP contribution in [0.25, 0.3) is 0 Å². The van der Waals surface area contributed by atoms with Gasteiger partial charge in [-0.05, 0) is 50.7 Å². The molecule has 0 radical (unpaired) electrons. The number of rotatable bonds is 5. The van der Waals surface area contributed by atoms with E-state index < -0.39 is 0 Å². The lowest BCUT2D eigenvalue weighted by molar-refractivity contribution is -0.133. The first-order chi connectivity index (χ1) is 14.1. The van der Waals surface area contributed by atoms with Crippen LogP contribution < -0.4 is 5.32 Å². The van der Waals surface area contributed by atoms with Gasteiger partial charge < -0.3 is 10.2 Å². The highest BCUT2D eigenvalue weighted by Gasteiger charge is 2.29. The van der Waals surface area contributed by atoms with Crippen molar-refractivity contribution in [1.82, 2.24) is 15.1 Å². The van der Waals surface area contributed by atoms with Gasteiger partial charge in [0.25, 0.3) is 5.91 Å². The number of nitrogens with one attached hydrogen (secondary N) is 1. The van der Waals surface area contributed by atoms with Crippen molar-refractivity contribution in [2.75, 3.05) is 18.4 Å². The van der Waals surface area contributed by atoms with Gasteiger partial charge in [-0.15, -0.1) is 10.2 Å². The van der Waals surface area contributed by atoms with E-state index in [-0.39, 0.29) is 17.7 Å². The van der Waals surface area contributed by atoms with E-state index in [9.17, 15) is 9.59 Å². The number of carbonyl (C=O) groups excluding carboxylic acids is 2. The average molecular weight is 413 g/mol. The number of piperidine rings is 1. The number of aromatic nitrogens is 2. The Morgan fingerprint density at radius 1 is 1.10 bits per heavy atom. The topological polar surface area (TPSA) is 75.2 Å². The molecule has 1 saturated carbocycles. The quantitative estimate of drug-likeness (QED) is 0.790. The predicted molar refractivity (Wildman–Crippen MR) is 114 cm³/mol. The molecule has 1 N–H and O–H groups in total. The third-order valence-electron chi connectivity index (χ3n) is 6.01. The molecule has 0 spiro atoms. The summed E-state index contributed by atoms with van der Waals surface area (Å²) in [5, 5.41) is 12.5. The Balaban J connectivity index is 1.36. The molecule has 154 valence electrons. The number of hydrogen-bond acceptors (Lipinski definition) is 5. The van der Waals surface area contributed by atoms with Crippen molar-refractivity contribution < 1.29 is 9.59 Å². The largest absolute Gasteiger partial charge is 0.342 e. The average Bonchev–Trinajstić information content (AvgIpc) is 3.42. The summed E-state index contributed by atoms with van der Waals surface area (Å²) in [5.74, 6) is 0.794. The van der Waals surface area contributed by atoms with Gasteiger partial charge in [0.15, 0.2) is 0 Å². The Labute approximate surface area is 175 Å². The van der Waals surface area contributed by atoms with Crippen LogP contribution in [0.1, 0.15) is 71.2 Å². The van der Waals surface area contributed by atoms with Crippen molar-refractivity contribution in [2.45, 2.75) is 57.8 Å². The molecule has 0 unspecified atom stereocenters. The highest BCUT2D eigenvalue weighted by atomic mass is 32.1. The van der Waals surface area contributed by atoms with Gasteiger partial charge in [-0.25, -0.2) is 0 Å². The number of benzene rings is 1. The van der Waals surface area contributed by atoms with Crippen LogP contribution in [0, 0.1) is 12.8 Å². The zero-order valence-electron chi connectivity index (χ0n) is 16.9. The van der Waals surface area contributed by atoms with Crippen LogP contribution in [0.15, 0.2) is 24.3 Å². The van der Waals surface area contributed by atoms with E-state index in [1.807, 2.05) is 36.1 Å².